The van der Waals surface area contributed by atoms with Crippen LogP contribution in [0.1, 0.15) is 37.1 Å². The third-order valence-electron chi connectivity index (χ3n) is 4.65. The fourth-order valence-corrected chi connectivity index (χ4v) is 4.27. The van der Waals surface area contributed by atoms with Crippen LogP contribution >= 0.6 is 11.8 Å². The van der Waals surface area contributed by atoms with Crippen molar-refractivity contribution in [3.63, 3.8) is 0 Å². The van der Waals surface area contributed by atoms with E-state index in [9.17, 15) is 4.79 Å². The first-order valence-corrected chi connectivity index (χ1v) is 9.15. The molecule has 5 nitrogen and oxygen atoms in total. The second-order valence-corrected chi connectivity index (χ2v) is 7.27. The molecule has 1 aliphatic heterocycles. The van der Waals surface area contributed by atoms with E-state index in [2.05, 4.69) is 15.3 Å². The van der Waals surface area contributed by atoms with E-state index < -0.39 is 0 Å². The highest BCUT2D eigenvalue weighted by Crippen LogP contribution is 2.27. The molecule has 0 saturated heterocycles. The van der Waals surface area contributed by atoms with E-state index in [1.807, 2.05) is 25.1 Å². The van der Waals surface area contributed by atoms with Gasteiger partial charge in [-0.05, 0) is 31.4 Å². The van der Waals surface area contributed by atoms with Gasteiger partial charge in [0.2, 0.25) is 0 Å². The van der Waals surface area contributed by atoms with Crippen molar-refractivity contribution in [2.45, 2.75) is 50.4 Å². The highest BCUT2D eigenvalue weighted by atomic mass is 32.2. The Hall–Kier alpha value is -1.82. The van der Waals surface area contributed by atoms with Crippen molar-refractivity contribution in [3.8, 4) is 0 Å². The van der Waals surface area contributed by atoms with Crippen LogP contribution in [0.5, 0.6) is 0 Å². The van der Waals surface area contributed by atoms with Crippen LogP contribution < -0.4 is 10.9 Å². The molecule has 1 fully saturated rings. The summed E-state index contributed by atoms with van der Waals surface area (Å²) in [6.07, 6.45) is 4.97. The number of H-pyrrole nitrogens is 1. The Morgan fingerprint density at radius 2 is 2.17 bits per heavy atom. The highest BCUT2D eigenvalue weighted by Gasteiger charge is 2.30. The van der Waals surface area contributed by atoms with E-state index in [4.69, 9.17) is 4.99 Å². The Bertz CT molecular complexity index is 829. The average Bonchev–Trinajstić information content (AvgIpc) is 2.97. The van der Waals surface area contributed by atoms with Gasteiger partial charge in [-0.2, -0.15) is 0 Å². The van der Waals surface area contributed by atoms with Gasteiger partial charge in [-0.1, -0.05) is 36.7 Å². The third-order valence-corrected chi connectivity index (χ3v) is 5.57. The van der Waals surface area contributed by atoms with Gasteiger partial charge < -0.3 is 10.3 Å². The molecule has 2 heterocycles. The van der Waals surface area contributed by atoms with Crippen molar-refractivity contribution >= 4 is 27.8 Å². The topological polar surface area (TPSA) is 70.1 Å². The molecule has 1 aromatic carbocycles. The van der Waals surface area contributed by atoms with Gasteiger partial charge in [0.25, 0.3) is 5.56 Å². The van der Waals surface area contributed by atoms with Crippen molar-refractivity contribution in [2.24, 2.45) is 4.99 Å². The molecule has 0 spiro atoms. The summed E-state index contributed by atoms with van der Waals surface area (Å²) in [4.78, 5) is 24.5. The van der Waals surface area contributed by atoms with E-state index >= 15 is 0 Å². The Morgan fingerprint density at radius 3 is 3.04 bits per heavy atom. The molecular weight excluding hydrogens is 308 g/mol. The molecule has 120 valence electrons. The summed E-state index contributed by atoms with van der Waals surface area (Å²) in [5.41, 5.74) is 1.76. The molecule has 4 rings (SSSR count). The molecule has 6 heteroatoms. The van der Waals surface area contributed by atoms with E-state index in [1.54, 1.807) is 11.8 Å². The molecular formula is C17H20N4OS. The number of benzene rings is 1. The molecule has 2 N–H and O–H groups in total. The predicted molar refractivity (Wildman–Crippen MR) is 95.0 cm³/mol. The van der Waals surface area contributed by atoms with Crippen LogP contribution in [0.3, 0.4) is 0 Å². The number of hydrogen-bond donors (Lipinski definition) is 2. The van der Waals surface area contributed by atoms with Gasteiger partial charge in [0, 0.05) is 0 Å². The van der Waals surface area contributed by atoms with Crippen molar-refractivity contribution < 1.29 is 0 Å². The number of aryl methyl sites for hydroxylation is 1. The summed E-state index contributed by atoms with van der Waals surface area (Å²) in [5.74, 6) is 1.34. The Morgan fingerprint density at radius 1 is 1.30 bits per heavy atom. The lowest BCUT2D eigenvalue weighted by molar-refractivity contribution is 0.385. The van der Waals surface area contributed by atoms with E-state index in [-0.39, 0.29) is 5.56 Å². The first kappa shape index (κ1) is 14.8. The van der Waals surface area contributed by atoms with Gasteiger partial charge in [0.05, 0.1) is 28.7 Å². The molecule has 0 unspecified atom stereocenters. The molecule has 23 heavy (non-hydrogen) atoms. The van der Waals surface area contributed by atoms with Crippen LogP contribution in [0.15, 0.2) is 28.0 Å². The zero-order chi connectivity index (χ0) is 15.8. The molecule has 0 bridgehead atoms. The van der Waals surface area contributed by atoms with Crippen LogP contribution in [0.2, 0.25) is 0 Å². The maximum absolute atomic E-state index is 12.2. The number of aromatic nitrogens is 2. The normalized spacial score (nSPS) is 23.4. The standard InChI is InChI=1S/C17H20N4OS/c1-10-5-4-6-11-15(10)20-14(21-16(11)22)9-23-17-18-12-7-2-3-8-13(12)19-17/h4-6,12-13H,2-3,7-9H2,1H3,(H,18,19)(H,20,21,22)/t12-,13-/m0/s1. The predicted octanol–water partition coefficient (Wildman–Crippen LogP) is 2.74. The lowest BCUT2D eigenvalue weighted by Gasteiger charge is -2.23. The molecule has 2 aromatic rings. The lowest BCUT2D eigenvalue weighted by Crippen LogP contribution is -2.36. The fraction of sp³-hybridized carbons (Fsp3) is 0.471. The smallest absolute Gasteiger partial charge is 0.258 e. The van der Waals surface area contributed by atoms with Gasteiger partial charge in [-0.25, -0.2) is 4.98 Å². The van der Waals surface area contributed by atoms with Crippen molar-refractivity contribution in [1.29, 1.82) is 0 Å². The molecule has 1 saturated carbocycles. The second-order valence-electron chi connectivity index (χ2n) is 6.31. The number of hydrogen-bond acceptors (Lipinski definition) is 5. The molecule has 1 aromatic heterocycles. The van der Waals surface area contributed by atoms with Gasteiger partial charge in [0.1, 0.15) is 5.82 Å². The Labute approximate surface area is 139 Å². The number of aliphatic imine (C=N–C) groups is 1. The number of para-hydroxylation sites is 1. The van der Waals surface area contributed by atoms with Crippen LogP contribution in [-0.2, 0) is 5.75 Å². The minimum Gasteiger partial charge on any atom is -0.360 e. The number of nitrogens with one attached hydrogen (secondary N) is 2. The zero-order valence-corrected chi connectivity index (χ0v) is 13.9. The van der Waals surface area contributed by atoms with Crippen molar-refractivity contribution in [3.05, 3.63) is 39.9 Å². The molecule has 0 radical (unpaired) electrons. The first-order chi connectivity index (χ1) is 11.2. The molecule has 1 aliphatic carbocycles. The lowest BCUT2D eigenvalue weighted by atomic mass is 9.92. The molecule has 2 atom stereocenters. The number of thioether (sulfide) groups is 1. The van der Waals surface area contributed by atoms with Crippen LogP contribution in [-0.4, -0.2) is 27.2 Å². The van der Waals surface area contributed by atoms with E-state index in [0.29, 0.717) is 29.0 Å². The number of aromatic amines is 1. The average molecular weight is 328 g/mol. The number of rotatable bonds is 2. The Balaban J connectivity index is 1.52. The summed E-state index contributed by atoms with van der Waals surface area (Å²) in [6.45, 7) is 1.99. The Kier molecular flexibility index (Phi) is 3.85. The first-order valence-electron chi connectivity index (χ1n) is 8.16. The minimum absolute atomic E-state index is 0.0655. The van der Waals surface area contributed by atoms with E-state index in [1.165, 1.54) is 25.7 Å². The SMILES string of the molecule is Cc1cccc2c(=O)[nH]c(CSC3=N[C@H]4CCCC[C@@H]4N3)nc12. The van der Waals surface area contributed by atoms with Gasteiger partial charge in [-0.15, -0.1) is 0 Å². The van der Waals surface area contributed by atoms with Crippen LogP contribution in [0, 0.1) is 6.92 Å². The third kappa shape index (κ3) is 2.87. The van der Waals surface area contributed by atoms with Crippen molar-refractivity contribution in [2.75, 3.05) is 0 Å². The quantitative estimate of drug-likeness (QED) is 0.889. The summed E-state index contributed by atoms with van der Waals surface area (Å²) in [5, 5.41) is 5.17. The maximum atomic E-state index is 12.2. The highest BCUT2D eigenvalue weighted by molar-refractivity contribution is 8.13. The minimum atomic E-state index is -0.0655. The summed E-state index contributed by atoms with van der Waals surface area (Å²) in [7, 11) is 0. The monoisotopic (exact) mass is 328 g/mol. The second kappa shape index (κ2) is 6.00. The number of fused-ring (bicyclic) bond motifs is 2. The van der Waals surface area contributed by atoms with Crippen LogP contribution in [0.4, 0.5) is 0 Å². The number of amidine groups is 1. The van der Waals surface area contributed by atoms with Crippen molar-refractivity contribution in [1.82, 2.24) is 15.3 Å². The largest absolute Gasteiger partial charge is 0.360 e. The van der Waals surface area contributed by atoms with Crippen LogP contribution in [0.25, 0.3) is 10.9 Å². The summed E-state index contributed by atoms with van der Waals surface area (Å²) >= 11 is 1.63. The van der Waals surface area contributed by atoms with Gasteiger partial charge >= 0.3 is 0 Å². The maximum Gasteiger partial charge on any atom is 0.258 e. The summed E-state index contributed by atoms with van der Waals surface area (Å²) in [6, 6.07) is 6.65. The fourth-order valence-electron chi connectivity index (χ4n) is 3.42. The zero-order valence-electron chi connectivity index (χ0n) is 13.1. The molecule has 0 amide bonds. The van der Waals surface area contributed by atoms with E-state index in [0.717, 1.165) is 16.2 Å². The van der Waals surface area contributed by atoms with Gasteiger partial charge in [-0.3, -0.25) is 9.79 Å². The summed E-state index contributed by atoms with van der Waals surface area (Å²) < 4.78 is 0. The molecule has 2 aliphatic rings. The van der Waals surface area contributed by atoms with Gasteiger partial charge in [0.15, 0.2) is 5.17 Å². The number of nitrogens with zero attached hydrogens (tertiary/aromatic N) is 2.